The van der Waals surface area contributed by atoms with Crippen LogP contribution in [0.3, 0.4) is 0 Å². The highest BCUT2D eigenvalue weighted by molar-refractivity contribution is 14.0. The maximum atomic E-state index is 4.29. The van der Waals surface area contributed by atoms with Crippen molar-refractivity contribution >= 4 is 35.6 Å². The summed E-state index contributed by atoms with van der Waals surface area (Å²) in [6, 6.07) is 16.4. The van der Waals surface area contributed by atoms with Crippen LogP contribution < -0.4 is 10.6 Å². The Kier molecular flexibility index (Phi) is 7.17. The molecule has 0 aliphatic carbocycles. The number of rotatable bonds is 5. The lowest BCUT2D eigenvalue weighted by atomic mass is 10.1. The normalized spacial score (nSPS) is 12.5. The molecule has 0 radical (unpaired) electrons. The number of guanidine groups is 1. The third kappa shape index (κ3) is 4.91. The highest BCUT2D eigenvalue weighted by atomic mass is 127. The summed E-state index contributed by atoms with van der Waals surface area (Å²) in [5, 5.41) is 15.1. The van der Waals surface area contributed by atoms with Crippen LogP contribution in [0.25, 0.3) is 5.65 Å². The van der Waals surface area contributed by atoms with Gasteiger partial charge in [-0.25, -0.2) is 0 Å². The van der Waals surface area contributed by atoms with Crippen molar-refractivity contribution < 1.29 is 0 Å². The van der Waals surface area contributed by atoms with Crippen molar-refractivity contribution in [2.45, 2.75) is 19.4 Å². The molecule has 0 fully saturated rings. The van der Waals surface area contributed by atoms with Gasteiger partial charge in [0.2, 0.25) is 0 Å². The zero-order valence-corrected chi connectivity index (χ0v) is 16.7. The highest BCUT2D eigenvalue weighted by Gasteiger charge is 2.08. The van der Waals surface area contributed by atoms with Gasteiger partial charge in [0, 0.05) is 26.2 Å². The Morgan fingerprint density at radius 2 is 1.88 bits per heavy atom. The summed E-state index contributed by atoms with van der Waals surface area (Å²) in [5.74, 6) is 1.71. The first kappa shape index (κ1) is 19.2. The van der Waals surface area contributed by atoms with Gasteiger partial charge in [0.25, 0.3) is 0 Å². The van der Waals surface area contributed by atoms with Crippen molar-refractivity contribution in [2.24, 2.45) is 4.99 Å². The van der Waals surface area contributed by atoms with E-state index in [0.717, 1.165) is 30.4 Å². The fourth-order valence-corrected chi connectivity index (χ4v) is 2.58. The van der Waals surface area contributed by atoms with E-state index in [2.05, 4.69) is 44.9 Å². The summed E-state index contributed by atoms with van der Waals surface area (Å²) < 4.78 is 2.00. The van der Waals surface area contributed by atoms with E-state index in [1.807, 2.05) is 47.0 Å². The quantitative estimate of drug-likeness (QED) is 0.357. The zero-order valence-electron chi connectivity index (χ0n) is 14.4. The molecule has 0 aliphatic rings. The average molecular weight is 450 g/mol. The minimum atomic E-state index is 0. The van der Waals surface area contributed by atoms with Crippen molar-refractivity contribution in [3.05, 3.63) is 66.1 Å². The molecule has 132 valence electrons. The molecule has 3 aromatic rings. The predicted octanol–water partition coefficient (Wildman–Crippen LogP) is 2.82. The van der Waals surface area contributed by atoms with Crippen LogP contribution in [0.5, 0.6) is 0 Å². The Morgan fingerprint density at radius 1 is 1.12 bits per heavy atom. The van der Waals surface area contributed by atoms with Crippen LogP contribution >= 0.6 is 24.0 Å². The van der Waals surface area contributed by atoms with Gasteiger partial charge in [0.1, 0.15) is 5.82 Å². The monoisotopic (exact) mass is 450 g/mol. The molecule has 2 aromatic heterocycles. The first-order valence-corrected chi connectivity index (χ1v) is 8.08. The summed E-state index contributed by atoms with van der Waals surface area (Å²) >= 11 is 0. The van der Waals surface area contributed by atoms with E-state index in [0.29, 0.717) is 0 Å². The zero-order chi connectivity index (χ0) is 16.8. The first-order chi connectivity index (χ1) is 11.8. The van der Waals surface area contributed by atoms with E-state index in [9.17, 15) is 0 Å². The van der Waals surface area contributed by atoms with Crippen molar-refractivity contribution in [2.75, 3.05) is 13.6 Å². The first-order valence-electron chi connectivity index (χ1n) is 8.08. The van der Waals surface area contributed by atoms with Crippen molar-refractivity contribution in [3.63, 3.8) is 0 Å². The number of hydrogen-bond acceptors (Lipinski definition) is 3. The molecule has 3 rings (SSSR count). The molecule has 0 saturated carbocycles. The molecule has 1 aromatic carbocycles. The van der Waals surface area contributed by atoms with Gasteiger partial charge in [0.15, 0.2) is 11.6 Å². The highest BCUT2D eigenvalue weighted by Crippen LogP contribution is 2.10. The van der Waals surface area contributed by atoms with Gasteiger partial charge >= 0.3 is 0 Å². The minimum Gasteiger partial charge on any atom is -0.356 e. The number of nitrogens with zero attached hydrogens (tertiary/aromatic N) is 4. The van der Waals surface area contributed by atoms with Gasteiger partial charge in [-0.15, -0.1) is 34.2 Å². The Balaban J connectivity index is 0.00000225. The largest absolute Gasteiger partial charge is 0.356 e. The number of pyridine rings is 1. The van der Waals surface area contributed by atoms with Crippen LogP contribution in [-0.2, 0) is 6.42 Å². The van der Waals surface area contributed by atoms with Crippen LogP contribution in [-0.4, -0.2) is 34.2 Å². The van der Waals surface area contributed by atoms with E-state index >= 15 is 0 Å². The fourth-order valence-electron chi connectivity index (χ4n) is 2.58. The number of aliphatic imine (C=N–C) groups is 1. The van der Waals surface area contributed by atoms with Crippen molar-refractivity contribution in [1.82, 2.24) is 25.2 Å². The second-order valence-corrected chi connectivity index (χ2v) is 5.57. The Hall–Kier alpha value is -2.16. The maximum absolute atomic E-state index is 4.29. The lowest BCUT2D eigenvalue weighted by molar-refractivity contribution is 0.679. The molecule has 0 spiro atoms. The Bertz CT molecular complexity index is 815. The molecular formula is C18H23IN6. The van der Waals surface area contributed by atoms with Crippen molar-refractivity contribution in [3.8, 4) is 0 Å². The fraction of sp³-hybridized carbons (Fsp3) is 0.278. The van der Waals surface area contributed by atoms with Gasteiger partial charge in [0.05, 0.1) is 6.04 Å². The number of benzene rings is 1. The van der Waals surface area contributed by atoms with Gasteiger partial charge in [-0.3, -0.25) is 9.39 Å². The summed E-state index contributed by atoms with van der Waals surface area (Å²) in [5.41, 5.74) is 2.09. The SMILES string of the molecule is CN=C(NCCc1nnc2ccccn12)NC(C)c1ccccc1.I. The summed E-state index contributed by atoms with van der Waals surface area (Å²) in [6.45, 7) is 2.85. The topological polar surface area (TPSA) is 66.6 Å². The lowest BCUT2D eigenvalue weighted by Gasteiger charge is -2.18. The predicted molar refractivity (Wildman–Crippen MR) is 111 cm³/mol. The summed E-state index contributed by atoms with van der Waals surface area (Å²) in [4.78, 5) is 4.29. The summed E-state index contributed by atoms with van der Waals surface area (Å²) in [7, 11) is 1.78. The number of halogens is 1. The van der Waals surface area contributed by atoms with E-state index in [1.165, 1.54) is 5.56 Å². The molecule has 1 atom stereocenters. The van der Waals surface area contributed by atoms with Gasteiger partial charge in [-0.1, -0.05) is 36.4 Å². The van der Waals surface area contributed by atoms with Crippen molar-refractivity contribution in [1.29, 1.82) is 0 Å². The third-order valence-corrected chi connectivity index (χ3v) is 3.90. The molecule has 2 N–H and O–H groups in total. The smallest absolute Gasteiger partial charge is 0.191 e. The van der Waals surface area contributed by atoms with Crippen LogP contribution in [0.1, 0.15) is 24.4 Å². The Morgan fingerprint density at radius 3 is 2.64 bits per heavy atom. The number of fused-ring (bicyclic) bond motifs is 1. The second kappa shape index (κ2) is 9.36. The minimum absolute atomic E-state index is 0. The molecule has 25 heavy (non-hydrogen) atoms. The van der Waals surface area contributed by atoms with Crippen LogP contribution in [0, 0.1) is 0 Å². The van der Waals surface area contributed by atoms with Crippen LogP contribution in [0.2, 0.25) is 0 Å². The van der Waals surface area contributed by atoms with E-state index in [-0.39, 0.29) is 30.0 Å². The van der Waals surface area contributed by atoms with Gasteiger partial charge < -0.3 is 10.6 Å². The standard InChI is InChI=1S/C18H22N6.HI/c1-14(15-8-4-3-5-9-15)21-18(19-2)20-12-11-17-23-22-16-10-6-7-13-24(16)17;/h3-10,13-14H,11-12H2,1-2H3,(H2,19,20,21);1H. The molecule has 0 amide bonds. The molecule has 0 bridgehead atoms. The molecule has 2 heterocycles. The number of nitrogens with one attached hydrogen (secondary N) is 2. The Labute approximate surface area is 164 Å². The third-order valence-electron chi connectivity index (χ3n) is 3.90. The molecule has 0 aliphatic heterocycles. The molecule has 6 nitrogen and oxygen atoms in total. The van der Waals surface area contributed by atoms with Gasteiger partial charge in [-0.2, -0.15) is 0 Å². The van der Waals surface area contributed by atoms with Crippen LogP contribution in [0.4, 0.5) is 0 Å². The van der Waals surface area contributed by atoms with Crippen LogP contribution in [0.15, 0.2) is 59.7 Å². The number of aromatic nitrogens is 3. The molecule has 1 unspecified atom stereocenters. The lowest BCUT2D eigenvalue weighted by Crippen LogP contribution is -2.39. The van der Waals surface area contributed by atoms with E-state index in [1.54, 1.807) is 7.05 Å². The molecule has 7 heteroatoms. The maximum Gasteiger partial charge on any atom is 0.191 e. The average Bonchev–Trinajstić information content (AvgIpc) is 3.05. The van der Waals surface area contributed by atoms with Gasteiger partial charge in [-0.05, 0) is 24.6 Å². The molecule has 0 saturated heterocycles. The molecular weight excluding hydrogens is 427 g/mol. The summed E-state index contributed by atoms with van der Waals surface area (Å²) in [6.07, 6.45) is 2.75. The van der Waals surface area contributed by atoms with E-state index in [4.69, 9.17) is 0 Å². The number of hydrogen-bond donors (Lipinski definition) is 2. The van der Waals surface area contributed by atoms with E-state index < -0.39 is 0 Å². The second-order valence-electron chi connectivity index (χ2n) is 5.57.